The van der Waals surface area contributed by atoms with Crippen LogP contribution in [0.15, 0.2) is 46.9 Å². The number of para-hydroxylation sites is 2. The number of aromatic nitrogens is 2. The van der Waals surface area contributed by atoms with Crippen LogP contribution in [0.5, 0.6) is 5.75 Å². The summed E-state index contributed by atoms with van der Waals surface area (Å²) in [5, 5.41) is 0.938. The van der Waals surface area contributed by atoms with Crippen LogP contribution < -0.4 is 4.74 Å². The molecule has 1 aliphatic heterocycles. The molecule has 4 aromatic rings. The lowest BCUT2D eigenvalue weighted by atomic mass is 10.1. The third-order valence-electron chi connectivity index (χ3n) is 5.97. The number of aryl methyl sites for hydroxylation is 2. The van der Waals surface area contributed by atoms with Crippen LogP contribution in [0.2, 0.25) is 0 Å². The van der Waals surface area contributed by atoms with E-state index in [1.165, 1.54) is 0 Å². The largest absolute Gasteiger partial charge is 0.497 e. The normalized spacial score (nSPS) is 16.8. The van der Waals surface area contributed by atoms with Crippen molar-refractivity contribution in [3.63, 3.8) is 0 Å². The molecule has 0 unspecified atom stereocenters. The van der Waals surface area contributed by atoms with Crippen LogP contribution in [0.1, 0.15) is 40.8 Å². The van der Waals surface area contributed by atoms with Crippen molar-refractivity contribution in [3.8, 4) is 5.75 Å². The average Bonchev–Trinajstić information content (AvgIpc) is 3.44. The molecule has 6 heteroatoms. The van der Waals surface area contributed by atoms with Gasteiger partial charge in [-0.15, -0.1) is 0 Å². The zero-order valence-electron chi connectivity index (χ0n) is 16.8. The predicted molar refractivity (Wildman–Crippen MR) is 111 cm³/mol. The summed E-state index contributed by atoms with van der Waals surface area (Å²) in [6.45, 7) is 2.64. The number of carbonyl (C=O) groups excluding carboxylic acids is 1. The average molecular weight is 389 g/mol. The summed E-state index contributed by atoms with van der Waals surface area (Å²) in [7, 11) is 3.64. The molecule has 2 aromatic heterocycles. The molecule has 1 atom stereocenters. The zero-order valence-corrected chi connectivity index (χ0v) is 16.8. The van der Waals surface area contributed by atoms with Gasteiger partial charge >= 0.3 is 0 Å². The number of ether oxygens (including phenoxy) is 1. The topological polar surface area (TPSA) is 60.5 Å². The lowest BCUT2D eigenvalue weighted by molar-refractivity contribution is 0.0697. The van der Waals surface area contributed by atoms with Crippen molar-refractivity contribution in [1.29, 1.82) is 0 Å². The third kappa shape index (κ3) is 2.70. The van der Waals surface area contributed by atoms with Gasteiger partial charge in [-0.3, -0.25) is 4.79 Å². The van der Waals surface area contributed by atoms with E-state index in [2.05, 4.69) is 10.6 Å². The van der Waals surface area contributed by atoms with Crippen molar-refractivity contribution in [2.75, 3.05) is 13.7 Å². The number of fused-ring (bicyclic) bond motifs is 2. The number of benzene rings is 2. The van der Waals surface area contributed by atoms with Crippen LogP contribution in [0.3, 0.4) is 0 Å². The van der Waals surface area contributed by atoms with E-state index in [0.29, 0.717) is 23.6 Å². The summed E-state index contributed by atoms with van der Waals surface area (Å²) in [4.78, 5) is 20.2. The fraction of sp³-hybridized carbons (Fsp3) is 0.304. The monoisotopic (exact) mass is 389 g/mol. The highest BCUT2D eigenvalue weighted by Crippen LogP contribution is 2.36. The van der Waals surface area contributed by atoms with Gasteiger partial charge in [-0.25, -0.2) is 4.98 Å². The van der Waals surface area contributed by atoms with Crippen LogP contribution in [0.25, 0.3) is 22.0 Å². The van der Waals surface area contributed by atoms with Gasteiger partial charge in [-0.1, -0.05) is 12.1 Å². The van der Waals surface area contributed by atoms with Gasteiger partial charge in [-0.05, 0) is 44.0 Å². The lowest BCUT2D eigenvalue weighted by Gasteiger charge is -2.23. The van der Waals surface area contributed by atoms with Crippen molar-refractivity contribution in [2.24, 2.45) is 7.05 Å². The number of carbonyl (C=O) groups is 1. The van der Waals surface area contributed by atoms with E-state index in [-0.39, 0.29) is 11.9 Å². The minimum Gasteiger partial charge on any atom is -0.497 e. The number of likely N-dealkylation sites (tertiary alicyclic amines) is 1. The molecule has 0 radical (unpaired) electrons. The predicted octanol–water partition coefficient (Wildman–Crippen LogP) is 4.61. The number of hydrogen-bond donors (Lipinski definition) is 0. The van der Waals surface area contributed by atoms with Crippen LogP contribution in [-0.2, 0) is 7.05 Å². The summed E-state index contributed by atoms with van der Waals surface area (Å²) in [5.74, 6) is 1.96. The highest BCUT2D eigenvalue weighted by molar-refractivity contribution is 5.99. The Morgan fingerprint density at radius 3 is 2.86 bits per heavy atom. The maximum Gasteiger partial charge on any atom is 0.290 e. The Kier molecular flexibility index (Phi) is 4.08. The number of rotatable bonds is 3. The molecule has 1 amide bonds. The standard InChI is InChI=1S/C23H23N3O3/c1-14-16-11-10-15(28-3)13-20(16)29-21(14)23(27)26-12-6-9-19(26)22-24-17-7-4-5-8-18(17)25(22)2/h4-5,7-8,10-11,13,19H,6,9,12H2,1-3H3/t19-/m0/s1. The summed E-state index contributed by atoms with van der Waals surface area (Å²) in [5.41, 5.74) is 3.57. The van der Waals surface area contributed by atoms with Crippen molar-refractivity contribution < 1.29 is 13.9 Å². The molecule has 6 nitrogen and oxygen atoms in total. The third-order valence-corrected chi connectivity index (χ3v) is 5.97. The van der Waals surface area contributed by atoms with Gasteiger partial charge < -0.3 is 18.6 Å². The van der Waals surface area contributed by atoms with E-state index in [1.807, 2.05) is 55.3 Å². The fourth-order valence-electron chi connectivity index (χ4n) is 4.41. The van der Waals surface area contributed by atoms with Crippen molar-refractivity contribution in [1.82, 2.24) is 14.5 Å². The number of hydrogen-bond acceptors (Lipinski definition) is 4. The minimum absolute atomic E-state index is 0.0537. The van der Waals surface area contributed by atoms with Gasteiger partial charge in [0.15, 0.2) is 5.76 Å². The van der Waals surface area contributed by atoms with Gasteiger partial charge in [0.05, 0.1) is 24.2 Å². The van der Waals surface area contributed by atoms with E-state index in [1.54, 1.807) is 7.11 Å². The van der Waals surface area contributed by atoms with Crippen LogP contribution >= 0.6 is 0 Å². The Hall–Kier alpha value is -3.28. The number of nitrogens with zero attached hydrogens (tertiary/aromatic N) is 3. The molecule has 148 valence electrons. The first-order valence-electron chi connectivity index (χ1n) is 9.88. The van der Waals surface area contributed by atoms with Crippen molar-refractivity contribution >= 4 is 27.9 Å². The Morgan fingerprint density at radius 2 is 2.07 bits per heavy atom. The van der Waals surface area contributed by atoms with Crippen molar-refractivity contribution in [3.05, 3.63) is 59.6 Å². The Labute approximate surface area is 168 Å². The van der Waals surface area contributed by atoms with Crippen LogP contribution in [-0.4, -0.2) is 34.0 Å². The van der Waals surface area contributed by atoms with Gasteiger partial charge in [0.25, 0.3) is 5.91 Å². The second-order valence-corrected chi connectivity index (χ2v) is 7.59. The molecule has 1 saturated heterocycles. The van der Waals surface area contributed by atoms with E-state index in [9.17, 15) is 4.79 Å². The van der Waals surface area contributed by atoms with E-state index in [4.69, 9.17) is 14.1 Å². The first-order valence-corrected chi connectivity index (χ1v) is 9.88. The fourth-order valence-corrected chi connectivity index (χ4v) is 4.41. The second kappa shape index (κ2) is 6.65. The molecule has 0 saturated carbocycles. The first kappa shape index (κ1) is 17.8. The number of imidazole rings is 1. The Morgan fingerprint density at radius 1 is 1.24 bits per heavy atom. The van der Waals surface area contributed by atoms with Crippen molar-refractivity contribution in [2.45, 2.75) is 25.8 Å². The zero-order chi connectivity index (χ0) is 20.1. The first-order chi connectivity index (χ1) is 14.1. The molecule has 1 fully saturated rings. The molecular formula is C23H23N3O3. The number of furan rings is 1. The molecule has 0 spiro atoms. The lowest BCUT2D eigenvalue weighted by Crippen LogP contribution is -2.32. The quantitative estimate of drug-likeness (QED) is 0.513. The van der Waals surface area contributed by atoms with Crippen LogP contribution in [0.4, 0.5) is 0 Å². The maximum absolute atomic E-state index is 13.5. The smallest absolute Gasteiger partial charge is 0.290 e. The highest BCUT2D eigenvalue weighted by Gasteiger charge is 2.36. The minimum atomic E-state index is -0.0766. The second-order valence-electron chi connectivity index (χ2n) is 7.59. The molecule has 1 aliphatic rings. The SMILES string of the molecule is COc1ccc2c(C)c(C(=O)N3CCC[C@H]3c3nc4ccccc4n3C)oc2c1. The number of methoxy groups -OCH3 is 1. The van der Waals surface area contributed by atoms with E-state index >= 15 is 0 Å². The molecule has 2 aromatic carbocycles. The highest BCUT2D eigenvalue weighted by atomic mass is 16.5. The molecule has 3 heterocycles. The number of amides is 1. The molecule has 0 bridgehead atoms. The molecular weight excluding hydrogens is 366 g/mol. The molecule has 0 N–H and O–H groups in total. The van der Waals surface area contributed by atoms with Crippen LogP contribution in [0, 0.1) is 6.92 Å². The Balaban J connectivity index is 1.54. The maximum atomic E-state index is 13.5. The van der Waals surface area contributed by atoms with Gasteiger partial charge in [0.2, 0.25) is 0 Å². The summed E-state index contributed by atoms with van der Waals surface area (Å²) < 4.78 is 13.4. The van der Waals surface area contributed by atoms with Gasteiger partial charge in [0, 0.05) is 30.6 Å². The Bertz CT molecular complexity index is 1240. The van der Waals surface area contributed by atoms with E-state index in [0.717, 1.165) is 40.6 Å². The molecule has 0 aliphatic carbocycles. The summed E-state index contributed by atoms with van der Waals surface area (Å²) >= 11 is 0. The molecule has 29 heavy (non-hydrogen) atoms. The molecule has 5 rings (SSSR count). The van der Waals surface area contributed by atoms with E-state index < -0.39 is 0 Å². The summed E-state index contributed by atoms with van der Waals surface area (Å²) in [6.07, 6.45) is 1.85. The summed E-state index contributed by atoms with van der Waals surface area (Å²) in [6, 6.07) is 13.7. The van der Waals surface area contributed by atoms with Gasteiger partial charge in [0.1, 0.15) is 17.2 Å². The van der Waals surface area contributed by atoms with Gasteiger partial charge in [-0.2, -0.15) is 0 Å².